The Bertz CT molecular complexity index is 415. The van der Waals surface area contributed by atoms with Gasteiger partial charge in [0.2, 0.25) is 0 Å². The average Bonchev–Trinajstić information content (AvgIpc) is 2.24. The van der Waals surface area contributed by atoms with Crippen molar-refractivity contribution >= 4 is 12.8 Å². The van der Waals surface area contributed by atoms with Crippen molar-refractivity contribution in [3.8, 4) is 0 Å². The van der Waals surface area contributed by atoms with Gasteiger partial charge in [-0.1, -0.05) is 42.8 Å². The van der Waals surface area contributed by atoms with Crippen molar-refractivity contribution in [1.29, 1.82) is 0 Å². The molecule has 1 aromatic rings. The van der Waals surface area contributed by atoms with Gasteiger partial charge in [-0.15, -0.1) is 0 Å². The summed E-state index contributed by atoms with van der Waals surface area (Å²) in [5.41, 5.74) is 0.217. The summed E-state index contributed by atoms with van der Waals surface area (Å²) in [5.74, 6) is -1.25. The Balaban J connectivity index is 2.50. The van der Waals surface area contributed by atoms with E-state index >= 15 is 0 Å². The zero-order chi connectivity index (χ0) is 12.0. The molecule has 2 rings (SSSR count). The summed E-state index contributed by atoms with van der Waals surface area (Å²) in [6.45, 7) is -3.69. The van der Waals surface area contributed by atoms with Gasteiger partial charge in [-0.25, -0.2) is 0 Å². The van der Waals surface area contributed by atoms with Crippen LogP contribution in [0.15, 0.2) is 30.3 Å². The van der Waals surface area contributed by atoms with E-state index in [1.807, 2.05) is 0 Å². The number of hydrogen-bond acceptors (Lipinski definition) is 1. The molecule has 0 bridgehead atoms. The highest BCUT2D eigenvalue weighted by Gasteiger charge is 2.62. The summed E-state index contributed by atoms with van der Waals surface area (Å²) in [6, 6.07) is 7.74. The van der Waals surface area contributed by atoms with Crippen molar-refractivity contribution in [2.24, 2.45) is 5.92 Å². The summed E-state index contributed by atoms with van der Waals surface area (Å²) in [7, 11) is 0. The minimum atomic E-state index is -5.06. The number of ketones is 1. The van der Waals surface area contributed by atoms with Crippen molar-refractivity contribution in [2.45, 2.75) is 18.7 Å². The molecule has 5 heteroatoms. The first-order valence-corrected chi connectivity index (χ1v) is 5.17. The van der Waals surface area contributed by atoms with Gasteiger partial charge < -0.3 is 12.9 Å². The van der Waals surface area contributed by atoms with Gasteiger partial charge >= 0.3 is 6.98 Å². The molecule has 1 nitrogen and oxygen atoms in total. The maximum atomic E-state index is 13.2. The Labute approximate surface area is 91.7 Å². The smallest absolute Gasteiger partial charge is 0.448 e. The molecule has 0 aliphatic heterocycles. The van der Waals surface area contributed by atoms with Crippen molar-refractivity contribution in [3.05, 3.63) is 35.9 Å². The van der Waals surface area contributed by atoms with Crippen LogP contribution in [-0.4, -0.2) is 12.8 Å². The molecule has 1 aliphatic carbocycles. The van der Waals surface area contributed by atoms with Crippen LogP contribution in [-0.2, 0) is 10.1 Å². The van der Waals surface area contributed by atoms with E-state index in [1.165, 1.54) is 19.1 Å². The topological polar surface area (TPSA) is 17.1 Å². The number of carbonyl (C=O) groups excluding carboxylic acids is 1. The minimum absolute atomic E-state index is 0.217. The fourth-order valence-electron chi connectivity index (χ4n) is 2.44. The lowest BCUT2D eigenvalue weighted by Gasteiger charge is -2.53. The Hall–Kier alpha value is -1.26. The van der Waals surface area contributed by atoms with E-state index in [4.69, 9.17) is 0 Å². The first kappa shape index (κ1) is 11.2. The van der Waals surface area contributed by atoms with Crippen LogP contribution in [0, 0.1) is 5.92 Å². The molecule has 0 radical (unpaired) electrons. The second-order valence-corrected chi connectivity index (χ2v) is 4.35. The van der Waals surface area contributed by atoms with Gasteiger partial charge in [-0.3, -0.25) is 4.79 Å². The van der Waals surface area contributed by atoms with Crippen LogP contribution in [0.1, 0.15) is 18.9 Å². The van der Waals surface area contributed by atoms with Crippen LogP contribution >= 0.6 is 0 Å². The van der Waals surface area contributed by atoms with Gasteiger partial charge in [0, 0.05) is 5.92 Å². The number of benzene rings is 1. The predicted octanol–water partition coefficient (Wildman–Crippen LogP) is 2.92. The van der Waals surface area contributed by atoms with Crippen LogP contribution in [0.5, 0.6) is 0 Å². The van der Waals surface area contributed by atoms with Crippen LogP contribution in [0.25, 0.3) is 0 Å². The highest BCUT2D eigenvalue weighted by atomic mass is 19.4. The second kappa shape index (κ2) is 3.37. The fraction of sp³-hybridized carbons (Fsp3) is 0.364. The SMILES string of the molecule is C[C@@H]1C(=O)C[C@]1(c1ccccc1)[B-](F)(F)F. The van der Waals surface area contributed by atoms with Gasteiger partial charge in [0.1, 0.15) is 5.78 Å². The highest BCUT2D eigenvalue weighted by molar-refractivity contribution is 6.64. The predicted molar refractivity (Wildman–Crippen MR) is 56.0 cm³/mol. The summed E-state index contributed by atoms with van der Waals surface area (Å²) in [4.78, 5) is 11.2. The Morgan fingerprint density at radius 3 is 2.19 bits per heavy atom. The minimum Gasteiger partial charge on any atom is -0.448 e. The number of Topliss-reactive ketones (excluding diaryl/α,β-unsaturated/α-hetero) is 1. The van der Waals surface area contributed by atoms with Crippen LogP contribution < -0.4 is 0 Å². The standard InChI is InChI=1S/C11H11BF3O/c1-8-10(16)7-11(8,12(13,14)15)9-5-3-2-4-6-9/h2-6,8H,7H2,1H3/q-1/t8-,11+/m1/s1. The summed E-state index contributed by atoms with van der Waals surface area (Å²) in [6.07, 6.45) is -0.401. The van der Waals surface area contributed by atoms with E-state index < -0.39 is 24.6 Å². The van der Waals surface area contributed by atoms with E-state index in [0.717, 1.165) is 0 Å². The molecule has 0 N–H and O–H groups in total. The number of carbonyl (C=O) groups is 1. The molecule has 16 heavy (non-hydrogen) atoms. The van der Waals surface area contributed by atoms with Gasteiger partial charge in [-0.2, -0.15) is 0 Å². The van der Waals surface area contributed by atoms with Crippen molar-refractivity contribution in [3.63, 3.8) is 0 Å². The molecule has 1 aromatic carbocycles. The third-order valence-electron chi connectivity index (χ3n) is 3.62. The summed E-state index contributed by atoms with van der Waals surface area (Å²) < 4.78 is 39.5. The molecule has 1 saturated carbocycles. The van der Waals surface area contributed by atoms with Crippen molar-refractivity contribution < 1.29 is 17.7 Å². The quantitative estimate of drug-likeness (QED) is 0.710. The summed E-state index contributed by atoms with van der Waals surface area (Å²) >= 11 is 0. The van der Waals surface area contributed by atoms with E-state index in [-0.39, 0.29) is 11.3 Å². The first-order valence-electron chi connectivity index (χ1n) is 5.17. The molecule has 0 unspecified atom stereocenters. The number of rotatable bonds is 2. The molecular weight excluding hydrogens is 216 g/mol. The highest BCUT2D eigenvalue weighted by Crippen LogP contribution is 2.53. The maximum absolute atomic E-state index is 13.2. The lowest BCUT2D eigenvalue weighted by atomic mass is 9.39. The Morgan fingerprint density at radius 1 is 1.25 bits per heavy atom. The molecule has 0 aromatic heterocycles. The summed E-state index contributed by atoms with van der Waals surface area (Å²) in [5, 5.41) is -1.90. The largest absolute Gasteiger partial charge is 0.489 e. The second-order valence-electron chi connectivity index (χ2n) is 4.35. The van der Waals surface area contributed by atoms with Crippen molar-refractivity contribution in [2.75, 3.05) is 0 Å². The third-order valence-corrected chi connectivity index (χ3v) is 3.62. The number of halogens is 3. The molecule has 0 saturated heterocycles. The molecule has 0 amide bonds. The molecule has 0 heterocycles. The Morgan fingerprint density at radius 2 is 1.81 bits per heavy atom. The normalized spacial score (nSPS) is 30.0. The lowest BCUT2D eigenvalue weighted by Crippen LogP contribution is -2.62. The van der Waals surface area contributed by atoms with Crippen LogP contribution in [0.2, 0.25) is 0 Å². The molecular formula is C11H11BF3O-. The zero-order valence-corrected chi connectivity index (χ0v) is 8.79. The van der Waals surface area contributed by atoms with Crippen LogP contribution in [0.4, 0.5) is 12.9 Å². The molecule has 2 atom stereocenters. The Kier molecular flexibility index (Phi) is 2.37. The lowest BCUT2D eigenvalue weighted by molar-refractivity contribution is -0.133. The van der Waals surface area contributed by atoms with E-state index in [2.05, 4.69) is 0 Å². The molecule has 1 fully saturated rings. The maximum Gasteiger partial charge on any atom is 0.489 e. The average molecular weight is 227 g/mol. The van der Waals surface area contributed by atoms with E-state index in [9.17, 15) is 17.7 Å². The number of hydrogen-bond donors (Lipinski definition) is 0. The molecule has 86 valence electrons. The van der Waals surface area contributed by atoms with Gasteiger partial charge in [-0.05, 0) is 11.7 Å². The molecule has 0 spiro atoms. The zero-order valence-electron chi connectivity index (χ0n) is 8.79. The van der Waals surface area contributed by atoms with E-state index in [1.54, 1.807) is 18.2 Å². The monoisotopic (exact) mass is 227 g/mol. The molecule has 1 aliphatic rings. The van der Waals surface area contributed by atoms with E-state index in [0.29, 0.717) is 0 Å². The van der Waals surface area contributed by atoms with Gasteiger partial charge in [0.05, 0.1) is 0 Å². The first-order chi connectivity index (χ1) is 7.39. The van der Waals surface area contributed by atoms with Gasteiger partial charge in [0.15, 0.2) is 0 Å². The fourth-order valence-corrected chi connectivity index (χ4v) is 2.44. The van der Waals surface area contributed by atoms with Gasteiger partial charge in [0.25, 0.3) is 0 Å². The van der Waals surface area contributed by atoms with Crippen molar-refractivity contribution in [1.82, 2.24) is 0 Å². The van der Waals surface area contributed by atoms with Crippen LogP contribution in [0.3, 0.4) is 0 Å². The third kappa shape index (κ3) is 1.30.